The summed E-state index contributed by atoms with van der Waals surface area (Å²) in [5.41, 5.74) is 50.2. The van der Waals surface area contributed by atoms with Crippen molar-refractivity contribution >= 4 is 91.0 Å². The summed E-state index contributed by atoms with van der Waals surface area (Å²) in [4.78, 5) is 50.9. The molecule has 24 heteroatoms. The lowest BCUT2D eigenvalue weighted by atomic mass is 9.59. The average Bonchev–Trinajstić information content (AvgIpc) is 1.48. The van der Waals surface area contributed by atoms with Gasteiger partial charge in [-0.3, -0.25) is 9.13 Å². The van der Waals surface area contributed by atoms with Gasteiger partial charge in [0.15, 0.2) is 35.5 Å². The third-order valence-corrected chi connectivity index (χ3v) is 31.4. The highest BCUT2D eigenvalue weighted by atomic mass is 15.4. The normalized spacial score (nSPS) is 14.7. The average molecular weight is 1960 g/mol. The van der Waals surface area contributed by atoms with Crippen molar-refractivity contribution in [3.8, 4) is 84.5 Å². The molecule has 19 heterocycles. The number of fused-ring (bicyclic) bond motifs is 26. The molecule has 0 radical (unpaired) electrons. The van der Waals surface area contributed by atoms with Crippen LogP contribution in [-0.4, -0.2) is 86.9 Å². The SMILES string of the molecule is CC1=Cn2c(nc3cc(-c4cc(C)nc[n+]4C)c(C)c(C)c32)C1.Cc1cc(-c2cc3nc4n(c3cc2C)-c2ccccc2C4)[n+](C)cn1.Cc1cc(-c2cc3nc4n(c3cc2C)C=CC4)[n+](C)cn1.Cc1cc(-c2cc3nc4n(c3cc2C)C=CC4)[n+](C)cn1.Cc1cc2c(nc3n2-c2ccccc2C3)c2c1-n1c(c(-c3ccccc3)c[n+]1C)C(C)(C)C2(C)C.[2H]C([2H])([2H])C1=Cn2c(nc3cc(-c4cc(C)nc[n+]4C)c(C)c(C([2H])([2H])[2H])c32)C1. The van der Waals surface area contributed by atoms with E-state index in [0.717, 1.165) is 129 Å². The summed E-state index contributed by atoms with van der Waals surface area (Å²) in [5.74, 6) is 6.21. The predicted octanol–water partition coefficient (Wildman–Crippen LogP) is 21.2. The summed E-state index contributed by atoms with van der Waals surface area (Å²) in [5, 5.41) is 0. The number of hydrogen-bond donors (Lipinski definition) is 0. The van der Waals surface area contributed by atoms with Crippen molar-refractivity contribution in [3.63, 3.8) is 0 Å². The third-order valence-electron chi connectivity index (χ3n) is 31.4. The van der Waals surface area contributed by atoms with Crippen LogP contribution in [0.25, 0.3) is 175 Å². The minimum atomic E-state index is -2.38. The molecule has 28 rings (SSSR count). The van der Waals surface area contributed by atoms with Crippen molar-refractivity contribution < 1.29 is 35.7 Å². The van der Waals surface area contributed by atoms with E-state index in [-0.39, 0.29) is 28.4 Å². The first-order valence-corrected chi connectivity index (χ1v) is 50.8. The molecule has 24 nitrogen and oxygen atoms in total. The molecular formula is C124H126N24+6. The highest BCUT2D eigenvalue weighted by molar-refractivity contribution is 5.95. The summed E-state index contributed by atoms with van der Waals surface area (Å²) >= 11 is 0. The highest BCUT2D eigenvalue weighted by Gasteiger charge is 2.53. The number of allylic oxidation sites excluding steroid dienone is 4. The largest absolute Gasteiger partial charge is 0.303 e. The van der Waals surface area contributed by atoms with Gasteiger partial charge in [-0.25, -0.2) is 52.7 Å². The lowest BCUT2D eigenvalue weighted by Gasteiger charge is -2.46. The molecule has 7 aliphatic rings. The number of benzene rings is 9. The van der Waals surface area contributed by atoms with Crippen molar-refractivity contribution in [2.24, 2.45) is 42.3 Å². The van der Waals surface area contributed by atoms with Crippen molar-refractivity contribution in [2.75, 3.05) is 0 Å². The molecule has 9 aromatic carbocycles. The van der Waals surface area contributed by atoms with Gasteiger partial charge in [0, 0.05) is 181 Å². The molecule has 7 aliphatic heterocycles. The van der Waals surface area contributed by atoms with Crippen LogP contribution in [0.15, 0.2) is 225 Å². The standard InChI is InChI=1S/C31H31N4.C21H19N4.2C19H21N4.2C17H17N4/c1-19-16-24-27(32-25-17-21-14-10-11-15-23(21)34(24)25)26-28(19)35-29(31(4,5)30(26,2)3)22(18-33(35)6)20-12-8-7-9-13-20;1-13-8-20-17(11-16(13)19-9-14(2)22-12-24(19)3)23-21-10-15-6-4-5-7-18(15)25(20)21;2*1-11-6-18-21-16-8-15(17-7-12(2)20-10-22(17)5)13(3)14(4)19(16)23(18)9-11;2*1-11-7-16-14(19-17-5-4-6-21(16)17)9-13(11)15-8-12(2)18-10-20(15)3/h7-16,18H,17H2,1-6H3;4-9,11-12H,10H2,1-3H3;2*7-10H,6H2,1-5H3;2*4,6-10H,5H2,1-3H3/q6*+1/i;;1D3,4D3;;;. The van der Waals surface area contributed by atoms with Gasteiger partial charge in [-0.2, -0.15) is 0 Å². The summed E-state index contributed by atoms with van der Waals surface area (Å²) in [6.45, 7) is 32.1. The molecule has 0 fully saturated rings. The Labute approximate surface area is 871 Å². The number of rotatable bonds is 6. The molecule has 0 unspecified atom stereocenters. The van der Waals surface area contributed by atoms with Gasteiger partial charge in [-0.15, -0.1) is 9.36 Å². The van der Waals surface area contributed by atoms with Crippen LogP contribution in [0, 0.1) is 89.9 Å². The van der Waals surface area contributed by atoms with E-state index in [0.29, 0.717) is 22.4 Å². The van der Waals surface area contributed by atoms with Gasteiger partial charge in [0.2, 0.25) is 6.20 Å². The highest BCUT2D eigenvalue weighted by Crippen LogP contribution is 2.56. The zero-order valence-electron chi connectivity index (χ0n) is 94.5. The number of aryl methyl sites for hydroxylation is 17. The fourth-order valence-electron chi connectivity index (χ4n) is 23.0. The molecule has 0 amide bonds. The zero-order valence-corrected chi connectivity index (χ0v) is 88.5. The van der Waals surface area contributed by atoms with Crippen molar-refractivity contribution in [1.29, 1.82) is 0 Å². The van der Waals surface area contributed by atoms with Crippen molar-refractivity contribution in [3.05, 3.63) is 355 Å². The zero-order chi connectivity index (χ0) is 108. The molecule has 148 heavy (non-hydrogen) atoms. The van der Waals surface area contributed by atoms with Crippen LogP contribution >= 0.6 is 0 Å². The second-order valence-corrected chi connectivity index (χ2v) is 42.2. The number of aromatic nitrogens is 24. The predicted molar refractivity (Wildman–Crippen MR) is 588 cm³/mol. The van der Waals surface area contributed by atoms with Crippen molar-refractivity contribution in [1.82, 2.24) is 86.9 Å². The molecule has 0 spiro atoms. The summed E-state index contributed by atoms with van der Waals surface area (Å²) in [6.07, 6.45) is 28.5. The molecule has 21 aromatic rings. The first kappa shape index (κ1) is 87.9. The van der Waals surface area contributed by atoms with E-state index in [9.17, 15) is 0 Å². The summed E-state index contributed by atoms with van der Waals surface area (Å²) in [7, 11) is 12.2. The molecule has 0 atom stereocenters. The molecule has 12 aromatic heterocycles. The fraction of sp³-hybridized carbons (Fsp3) is 0.266. The van der Waals surface area contributed by atoms with Crippen LogP contribution in [-0.2, 0) is 91.6 Å². The van der Waals surface area contributed by atoms with E-state index < -0.39 is 13.7 Å². The summed E-state index contributed by atoms with van der Waals surface area (Å²) < 4.78 is 75.3. The van der Waals surface area contributed by atoms with E-state index in [1.54, 1.807) is 17.8 Å². The Hall–Kier alpha value is -16.6. The molecule has 0 bridgehead atoms. The first-order chi connectivity index (χ1) is 73.4. The number of hydrogen-bond acceptors (Lipinski definition) is 11. The van der Waals surface area contributed by atoms with E-state index in [1.807, 2.05) is 112 Å². The van der Waals surface area contributed by atoms with Gasteiger partial charge < -0.3 is 18.3 Å². The van der Waals surface area contributed by atoms with Gasteiger partial charge in [-0.1, -0.05) is 131 Å². The van der Waals surface area contributed by atoms with Gasteiger partial charge >= 0.3 is 0 Å². The maximum Gasteiger partial charge on any atom is 0.286 e. The van der Waals surface area contributed by atoms with E-state index in [2.05, 4.69) is 352 Å². The van der Waals surface area contributed by atoms with Crippen LogP contribution in [0.1, 0.15) is 180 Å². The first-order valence-electron chi connectivity index (χ1n) is 53.8. The van der Waals surface area contributed by atoms with Crippen LogP contribution in [0.5, 0.6) is 0 Å². The number of nitrogens with zero attached hydrogens (tertiary/aromatic N) is 24. The quantitative estimate of drug-likeness (QED) is 0.143. The third kappa shape index (κ3) is 15.8. The van der Waals surface area contributed by atoms with Gasteiger partial charge in [0.25, 0.3) is 31.6 Å². The smallest absolute Gasteiger partial charge is 0.286 e. The summed E-state index contributed by atoms with van der Waals surface area (Å²) in [6, 6.07) is 58.3. The number of para-hydroxylation sites is 2. The Balaban J connectivity index is 0.000000102. The minimum Gasteiger partial charge on any atom is -0.303 e. The monoisotopic (exact) mass is 1960 g/mol. The Morgan fingerprint density at radius 3 is 1.19 bits per heavy atom. The molecule has 0 N–H and O–H groups in total. The molecule has 736 valence electrons. The topological polar surface area (TPSA) is 200 Å². The van der Waals surface area contributed by atoms with Gasteiger partial charge in [0.05, 0.1) is 118 Å². The van der Waals surface area contributed by atoms with Gasteiger partial charge in [0.1, 0.15) is 74.8 Å². The molecular weight excluding hydrogens is 1830 g/mol. The van der Waals surface area contributed by atoms with Crippen LogP contribution in [0.2, 0.25) is 0 Å². The molecule has 0 saturated heterocycles. The van der Waals surface area contributed by atoms with Crippen LogP contribution in [0.3, 0.4) is 0 Å². The minimum absolute atomic E-state index is 0.126. The molecule has 0 saturated carbocycles. The molecule has 0 aliphatic carbocycles. The van der Waals surface area contributed by atoms with E-state index >= 15 is 0 Å². The van der Waals surface area contributed by atoms with E-state index in [1.165, 1.54) is 168 Å². The van der Waals surface area contributed by atoms with Crippen LogP contribution in [0.4, 0.5) is 0 Å². The van der Waals surface area contributed by atoms with E-state index in [4.69, 9.17) is 33.1 Å². The maximum atomic E-state index is 8.17. The second kappa shape index (κ2) is 35.9. The lowest BCUT2D eigenvalue weighted by molar-refractivity contribution is -0.745. The maximum absolute atomic E-state index is 8.17. The Morgan fingerprint density at radius 2 is 0.716 bits per heavy atom. The van der Waals surface area contributed by atoms with Crippen LogP contribution < -0.4 is 27.5 Å². The second-order valence-electron chi connectivity index (χ2n) is 42.2. The lowest BCUT2D eigenvalue weighted by Crippen LogP contribution is -2.51. The Morgan fingerprint density at radius 1 is 0.331 bits per heavy atom. The van der Waals surface area contributed by atoms with Crippen molar-refractivity contribution in [2.45, 2.75) is 181 Å². The van der Waals surface area contributed by atoms with Gasteiger partial charge in [-0.05, 0) is 208 Å². The fourth-order valence-corrected chi connectivity index (χ4v) is 23.0. The number of imidazole rings is 6. The Bertz CT molecular complexity index is 9480. The Kier molecular flexibility index (Phi) is 21.4.